The second-order valence-corrected chi connectivity index (χ2v) is 7.35. The van der Waals surface area contributed by atoms with E-state index in [4.69, 9.17) is 0 Å². The average Bonchev–Trinajstić information content (AvgIpc) is 3.31. The van der Waals surface area contributed by atoms with Crippen LogP contribution in [0.15, 0.2) is 54.0 Å². The van der Waals surface area contributed by atoms with E-state index in [-0.39, 0.29) is 24.2 Å². The third-order valence-corrected chi connectivity index (χ3v) is 5.51. The number of anilines is 1. The maximum absolute atomic E-state index is 12.5. The molecule has 3 aromatic rings. The summed E-state index contributed by atoms with van der Waals surface area (Å²) in [4.78, 5) is 30.9. The van der Waals surface area contributed by atoms with Crippen LogP contribution in [0.5, 0.6) is 0 Å². The molecule has 6 heteroatoms. The predicted molar refractivity (Wildman–Crippen MR) is 103 cm³/mol. The molecule has 1 N–H and O–H groups in total. The summed E-state index contributed by atoms with van der Waals surface area (Å²) < 4.78 is 0. The van der Waals surface area contributed by atoms with Crippen molar-refractivity contribution >= 4 is 39.6 Å². The van der Waals surface area contributed by atoms with Crippen LogP contribution in [0, 0.1) is 5.92 Å². The highest BCUT2D eigenvalue weighted by Gasteiger charge is 2.35. The number of fused-ring (bicyclic) bond motifs is 1. The Bertz CT molecular complexity index is 934. The molecule has 0 spiro atoms. The van der Waals surface area contributed by atoms with Gasteiger partial charge in [-0.3, -0.25) is 9.59 Å². The second-order valence-electron chi connectivity index (χ2n) is 6.37. The number of nitrogens with zero attached hydrogens (tertiary/aromatic N) is 2. The van der Waals surface area contributed by atoms with Crippen LogP contribution in [0.4, 0.5) is 5.69 Å². The van der Waals surface area contributed by atoms with Crippen molar-refractivity contribution in [1.82, 2.24) is 10.3 Å². The van der Waals surface area contributed by atoms with E-state index in [0.29, 0.717) is 13.1 Å². The Morgan fingerprint density at radius 2 is 2.08 bits per heavy atom. The van der Waals surface area contributed by atoms with Crippen molar-refractivity contribution in [3.05, 3.63) is 59.0 Å². The Hall–Kier alpha value is -2.73. The molecule has 0 aliphatic carbocycles. The van der Waals surface area contributed by atoms with E-state index in [1.165, 1.54) is 0 Å². The summed E-state index contributed by atoms with van der Waals surface area (Å²) in [5.74, 6) is -0.364. The van der Waals surface area contributed by atoms with Gasteiger partial charge in [-0.05, 0) is 11.5 Å². The molecule has 4 rings (SSSR count). The maximum atomic E-state index is 12.5. The fourth-order valence-electron chi connectivity index (χ4n) is 3.37. The van der Waals surface area contributed by atoms with Crippen LogP contribution < -0.4 is 10.2 Å². The molecule has 26 heavy (non-hydrogen) atoms. The number of carbonyl (C=O) groups excluding carboxylic acids is 2. The molecular formula is C20H19N3O2S. The Morgan fingerprint density at radius 3 is 2.92 bits per heavy atom. The van der Waals surface area contributed by atoms with Crippen LogP contribution in [-0.4, -0.2) is 29.9 Å². The lowest BCUT2D eigenvalue weighted by molar-refractivity contribution is -0.126. The summed E-state index contributed by atoms with van der Waals surface area (Å²) in [6.45, 7) is 0.973. The molecule has 0 unspecified atom stereocenters. The molecule has 5 nitrogen and oxygen atoms in total. The zero-order chi connectivity index (χ0) is 17.9. The molecule has 0 radical (unpaired) electrons. The number of nitrogens with one attached hydrogen (secondary N) is 1. The number of hydrogen-bond donors (Lipinski definition) is 1. The van der Waals surface area contributed by atoms with Gasteiger partial charge in [-0.25, -0.2) is 4.98 Å². The fraction of sp³-hybridized carbons (Fsp3) is 0.250. The van der Waals surface area contributed by atoms with Crippen molar-refractivity contribution in [3.8, 4) is 0 Å². The number of hydrogen-bond acceptors (Lipinski definition) is 4. The highest BCUT2D eigenvalue weighted by Crippen LogP contribution is 2.31. The van der Waals surface area contributed by atoms with E-state index in [9.17, 15) is 9.59 Å². The molecule has 1 aliphatic rings. The number of amides is 2. The van der Waals surface area contributed by atoms with Gasteiger partial charge in [0.25, 0.3) is 0 Å². The van der Waals surface area contributed by atoms with Crippen LogP contribution in [0.2, 0.25) is 0 Å². The third-order valence-electron chi connectivity index (χ3n) is 4.67. The molecule has 2 amide bonds. The smallest absolute Gasteiger partial charge is 0.227 e. The van der Waals surface area contributed by atoms with Gasteiger partial charge in [0, 0.05) is 42.9 Å². The van der Waals surface area contributed by atoms with Crippen molar-refractivity contribution in [3.63, 3.8) is 0 Å². The molecule has 1 saturated heterocycles. The maximum Gasteiger partial charge on any atom is 0.227 e. The summed E-state index contributed by atoms with van der Waals surface area (Å²) in [6, 6.07) is 13.9. The minimum Gasteiger partial charge on any atom is -0.355 e. The van der Waals surface area contributed by atoms with Crippen molar-refractivity contribution < 1.29 is 9.59 Å². The Labute approximate surface area is 155 Å². The highest BCUT2D eigenvalue weighted by molar-refractivity contribution is 7.09. The van der Waals surface area contributed by atoms with E-state index in [0.717, 1.165) is 27.9 Å². The van der Waals surface area contributed by atoms with Gasteiger partial charge in [0.15, 0.2) is 0 Å². The first kappa shape index (κ1) is 16.7. The van der Waals surface area contributed by atoms with E-state index in [1.54, 1.807) is 22.4 Å². The van der Waals surface area contributed by atoms with Gasteiger partial charge < -0.3 is 10.2 Å². The molecule has 0 saturated carbocycles. The lowest BCUT2D eigenvalue weighted by Gasteiger charge is -2.19. The van der Waals surface area contributed by atoms with E-state index in [1.807, 2.05) is 47.8 Å². The molecule has 132 valence electrons. The summed E-state index contributed by atoms with van der Waals surface area (Å²) in [6.07, 6.45) is 2.74. The molecule has 2 heterocycles. The van der Waals surface area contributed by atoms with Crippen LogP contribution in [0.1, 0.15) is 11.4 Å². The van der Waals surface area contributed by atoms with Crippen LogP contribution >= 0.6 is 11.3 Å². The lowest BCUT2D eigenvalue weighted by Crippen LogP contribution is -2.34. The van der Waals surface area contributed by atoms with Crippen molar-refractivity contribution in [2.24, 2.45) is 5.92 Å². The average molecular weight is 365 g/mol. The first-order valence-corrected chi connectivity index (χ1v) is 9.54. The van der Waals surface area contributed by atoms with Gasteiger partial charge in [-0.1, -0.05) is 36.4 Å². The number of rotatable bonds is 5. The van der Waals surface area contributed by atoms with E-state index >= 15 is 0 Å². The zero-order valence-corrected chi connectivity index (χ0v) is 15.0. The number of aromatic nitrogens is 1. The highest BCUT2D eigenvalue weighted by atomic mass is 32.1. The minimum atomic E-state index is -0.308. The van der Waals surface area contributed by atoms with Gasteiger partial charge >= 0.3 is 0 Å². The first-order valence-electron chi connectivity index (χ1n) is 8.66. The molecule has 1 aromatic heterocycles. The van der Waals surface area contributed by atoms with Crippen LogP contribution in [0.3, 0.4) is 0 Å². The summed E-state index contributed by atoms with van der Waals surface area (Å²) in [5.41, 5.74) is 0.881. The summed E-state index contributed by atoms with van der Waals surface area (Å²) in [5, 5.41) is 8.00. The van der Waals surface area contributed by atoms with E-state index in [2.05, 4.69) is 10.3 Å². The Morgan fingerprint density at radius 1 is 1.23 bits per heavy atom. The van der Waals surface area contributed by atoms with Gasteiger partial charge in [0.1, 0.15) is 0 Å². The van der Waals surface area contributed by atoms with Crippen molar-refractivity contribution in [1.29, 1.82) is 0 Å². The molecular weight excluding hydrogens is 346 g/mol. The molecule has 1 fully saturated rings. The molecule has 2 aromatic carbocycles. The van der Waals surface area contributed by atoms with Crippen molar-refractivity contribution in [2.75, 3.05) is 18.0 Å². The van der Waals surface area contributed by atoms with Crippen LogP contribution in [-0.2, 0) is 16.0 Å². The molecule has 1 aliphatic heterocycles. The van der Waals surface area contributed by atoms with Gasteiger partial charge in [0.2, 0.25) is 11.8 Å². The standard InChI is InChI=1S/C20H19N3O2S/c24-19-12-15(20(25)22-9-8-18-21-10-11-26-18)13-23(19)17-7-3-5-14-4-1-2-6-16(14)17/h1-7,10-11,15H,8-9,12-13H2,(H,22,25)/t15-/m1/s1. The lowest BCUT2D eigenvalue weighted by atomic mass is 10.1. The van der Waals surface area contributed by atoms with Gasteiger partial charge in [0.05, 0.1) is 16.6 Å². The number of benzene rings is 2. The molecule has 0 bridgehead atoms. The Balaban J connectivity index is 1.44. The number of carbonyl (C=O) groups is 2. The SMILES string of the molecule is O=C(NCCc1nccs1)[C@@H]1CC(=O)N(c2cccc3ccccc23)C1. The normalized spacial score (nSPS) is 17.0. The molecule has 1 atom stereocenters. The second kappa shape index (κ2) is 7.25. The zero-order valence-electron chi connectivity index (χ0n) is 14.2. The minimum absolute atomic E-state index is 0.00132. The van der Waals surface area contributed by atoms with Crippen LogP contribution in [0.25, 0.3) is 10.8 Å². The third kappa shape index (κ3) is 3.32. The number of thiazole rings is 1. The van der Waals surface area contributed by atoms with E-state index < -0.39 is 0 Å². The van der Waals surface area contributed by atoms with Gasteiger partial charge in [-0.15, -0.1) is 11.3 Å². The monoisotopic (exact) mass is 365 g/mol. The topological polar surface area (TPSA) is 62.3 Å². The fourth-order valence-corrected chi connectivity index (χ4v) is 3.99. The quantitative estimate of drug-likeness (QED) is 0.756. The van der Waals surface area contributed by atoms with Gasteiger partial charge in [-0.2, -0.15) is 0 Å². The largest absolute Gasteiger partial charge is 0.355 e. The summed E-state index contributed by atoms with van der Waals surface area (Å²) in [7, 11) is 0. The Kier molecular flexibility index (Phi) is 4.67. The predicted octanol–water partition coefficient (Wildman–Crippen LogP) is 3.01. The first-order chi connectivity index (χ1) is 12.7. The summed E-state index contributed by atoms with van der Waals surface area (Å²) >= 11 is 1.58. The van der Waals surface area contributed by atoms with Crippen molar-refractivity contribution in [2.45, 2.75) is 12.8 Å².